The summed E-state index contributed by atoms with van der Waals surface area (Å²) in [6, 6.07) is 0. The maximum atomic E-state index is 11.6. The zero-order chi connectivity index (χ0) is 12.0. The Kier molecular flexibility index (Phi) is 2.82. The Hall–Kier alpha value is -0.840. The van der Waals surface area contributed by atoms with Crippen molar-refractivity contribution in [1.82, 2.24) is 0 Å². The van der Waals surface area contributed by atoms with Gasteiger partial charge >= 0.3 is 0 Å². The van der Waals surface area contributed by atoms with E-state index in [-0.39, 0.29) is 44.3 Å². The molecule has 4 nitrogen and oxygen atoms in total. The fraction of sp³-hybridized carbons (Fsp3) is 0.222. The molecule has 0 radical (unpaired) electrons. The lowest BCUT2D eigenvalue weighted by Crippen LogP contribution is -2.02. The monoisotopic (exact) mass is 279 g/mol. The summed E-state index contributed by atoms with van der Waals surface area (Å²) in [5.41, 5.74) is 0.534. The third-order valence-electron chi connectivity index (χ3n) is 2.31. The molecule has 0 aliphatic carbocycles. The molecule has 2 rings (SSSR count). The molecular weight excluding hydrogens is 274 g/mol. The first kappa shape index (κ1) is 11.6. The van der Waals surface area contributed by atoms with Crippen molar-refractivity contribution in [3.05, 3.63) is 25.5 Å². The van der Waals surface area contributed by atoms with Crippen molar-refractivity contribution in [3.8, 4) is 5.75 Å². The number of hydrogen-bond acceptors (Lipinski definition) is 3. The molecule has 0 saturated carbocycles. The van der Waals surface area contributed by atoms with Gasteiger partial charge in [0.15, 0.2) is 10.8 Å². The Morgan fingerprint density at radius 3 is 2.44 bits per heavy atom. The van der Waals surface area contributed by atoms with Crippen molar-refractivity contribution in [2.24, 2.45) is 0 Å². The SMILES string of the molecule is COc1c(Cl)c(Cl)c2c(c1Cl)[N+](=O)CC2=N. The highest BCUT2D eigenvalue weighted by atomic mass is 35.5. The van der Waals surface area contributed by atoms with Crippen molar-refractivity contribution in [2.75, 3.05) is 13.7 Å². The number of fused-ring (bicyclic) bond motifs is 1. The highest BCUT2D eigenvalue weighted by Crippen LogP contribution is 2.49. The van der Waals surface area contributed by atoms with Crippen LogP contribution >= 0.6 is 34.8 Å². The second kappa shape index (κ2) is 3.87. The number of hydrogen-bond donors (Lipinski definition) is 1. The minimum atomic E-state index is -0.0850. The summed E-state index contributed by atoms with van der Waals surface area (Å²) in [5.74, 6) is 0.155. The fourth-order valence-corrected chi connectivity index (χ4v) is 2.58. The minimum absolute atomic E-state index is 0.0850. The average Bonchev–Trinajstić information content (AvgIpc) is 2.52. The molecule has 0 unspecified atom stereocenters. The average molecular weight is 281 g/mol. The predicted octanol–water partition coefficient (Wildman–Crippen LogP) is 3.45. The first-order chi connectivity index (χ1) is 7.49. The topological polar surface area (TPSA) is 53.2 Å². The summed E-state index contributed by atoms with van der Waals surface area (Å²) in [4.78, 5) is 11.6. The molecule has 0 aromatic heterocycles. The Morgan fingerprint density at radius 2 is 1.88 bits per heavy atom. The normalized spacial score (nSPS) is 14.2. The zero-order valence-corrected chi connectivity index (χ0v) is 10.4. The lowest BCUT2D eigenvalue weighted by Gasteiger charge is -2.07. The summed E-state index contributed by atoms with van der Waals surface area (Å²) in [6.07, 6.45) is 0. The van der Waals surface area contributed by atoms with Gasteiger partial charge < -0.3 is 4.74 Å². The first-order valence-corrected chi connectivity index (χ1v) is 5.39. The van der Waals surface area contributed by atoms with E-state index < -0.39 is 0 Å². The van der Waals surface area contributed by atoms with Crippen LogP contribution in [0.5, 0.6) is 5.75 Å². The van der Waals surface area contributed by atoms with Gasteiger partial charge in [-0.1, -0.05) is 34.8 Å². The van der Waals surface area contributed by atoms with Crippen LogP contribution in [0, 0.1) is 10.3 Å². The predicted molar refractivity (Wildman–Crippen MR) is 63.0 cm³/mol. The van der Waals surface area contributed by atoms with Crippen LogP contribution in [0.25, 0.3) is 0 Å². The molecule has 0 spiro atoms. The number of methoxy groups -OCH3 is 1. The number of nitroso groups, excluding NO2 is 1. The molecule has 1 heterocycles. The van der Waals surface area contributed by atoms with Crippen molar-refractivity contribution >= 4 is 46.2 Å². The number of rotatable bonds is 1. The lowest BCUT2D eigenvalue weighted by molar-refractivity contribution is -0.440. The molecule has 0 bridgehead atoms. The van der Waals surface area contributed by atoms with Gasteiger partial charge in [-0.2, -0.15) is 0 Å². The van der Waals surface area contributed by atoms with Crippen LogP contribution in [0.2, 0.25) is 15.1 Å². The third-order valence-corrected chi connectivity index (χ3v) is 3.50. The third kappa shape index (κ3) is 1.41. The van der Waals surface area contributed by atoms with Gasteiger partial charge in [-0.05, 0) is 0 Å². The smallest absolute Gasteiger partial charge is 0.289 e. The van der Waals surface area contributed by atoms with Gasteiger partial charge in [0.2, 0.25) is 6.54 Å². The molecule has 1 aromatic rings. The van der Waals surface area contributed by atoms with E-state index in [1.165, 1.54) is 7.11 Å². The van der Waals surface area contributed by atoms with Crippen molar-refractivity contribution in [2.45, 2.75) is 0 Å². The van der Waals surface area contributed by atoms with E-state index >= 15 is 0 Å². The van der Waals surface area contributed by atoms with E-state index in [2.05, 4.69) is 0 Å². The Morgan fingerprint density at radius 1 is 1.25 bits per heavy atom. The maximum absolute atomic E-state index is 11.6. The Balaban J connectivity index is 2.88. The van der Waals surface area contributed by atoms with Crippen molar-refractivity contribution in [1.29, 1.82) is 5.41 Å². The molecule has 1 aliphatic heterocycles. The van der Waals surface area contributed by atoms with E-state index in [0.717, 1.165) is 0 Å². The second-order valence-corrected chi connectivity index (χ2v) is 4.35. The van der Waals surface area contributed by atoms with Gasteiger partial charge in [0.25, 0.3) is 5.69 Å². The Labute approximate surface area is 106 Å². The minimum Gasteiger partial charge on any atom is -0.493 e. The molecule has 16 heavy (non-hydrogen) atoms. The van der Waals surface area contributed by atoms with E-state index in [4.69, 9.17) is 44.9 Å². The van der Waals surface area contributed by atoms with Crippen LogP contribution in [-0.2, 0) is 0 Å². The molecule has 0 amide bonds. The highest BCUT2D eigenvalue weighted by Gasteiger charge is 2.41. The fourth-order valence-electron chi connectivity index (χ4n) is 1.62. The van der Waals surface area contributed by atoms with Gasteiger partial charge in [-0.25, -0.2) is 0 Å². The van der Waals surface area contributed by atoms with E-state index in [0.29, 0.717) is 4.76 Å². The second-order valence-electron chi connectivity index (χ2n) is 3.21. The standard InChI is InChI=1S/C9H6Cl3N2O2/c1-16-9-6(11)5(10)4-3(13)2-14(15)8(4)7(9)12/h13H,2H2,1H3/q+1. The number of nitrogens with zero attached hydrogens (tertiary/aromatic N) is 1. The van der Waals surface area contributed by atoms with Crippen LogP contribution in [-0.4, -0.2) is 24.1 Å². The number of halogens is 3. The number of nitrogens with one attached hydrogen (secondary N) is 1. The molecular formula is C9H6Cl3N2O2+. The summed E-state index contributed by atoms with van der Waals surface area (Å²) in [6.45, 7) is -0.0850. The molecule has 1 aliphatic rings. The van der Waals surface area contributed by atoms with Crippen molar-refractivity contribution in [3.63, 3.8) is 0 Å². The largest absolute Gasteiger partial charge is 0.493 e. The van der Waals surface area contributed by atoms with E-state index in [1.54, 1.807) is 0 Å². The van der Waals surface area contributed by atoms with Crippen LogP contribution in [0.4, 0.5) is 5.69 Å². The van der Waals surface area contributed by atoms with Gasteiger partial charge in [-0.15, -0.1) is 0 Å². The summed E-state index contributed by atoms with van der Waals surface area (Å²) < 4.78 is 5.58. The molecule has 7 heteroatoms. The first-order valence-electron chi connectivity index (χ1n) is 4.26. The molecule has 0 saturated heterocycles. The molecule has 84 valence electrons. The molecule has 1 aromatic carbocycles. The van der Waals surface area contributed by atoms with E-state index in [9.17, 15) is 4.91 Å². The lowest BCUT2D eigenvalue weighted by atomic mass is 10.1. The molecule has 1 N–H and O–H groups in total. The van der Waals surface area contributed by atoms with Crippen LogP contribution in [0.1, 0.15) is 5.56 Å². The summed E-state index contributed by atoms with van der Waals surface area (Å²) in [7, 11) is 1.38. The number of ether oxygens (including phenoxy) is 1. The van der Waals surface area contributed by atoms with Gasteiger partial charge in [-0.3, -0.25) is 5.41 Å². The number of benzene rings is 1. The zero-order valence-electron chi connectivity index (χ0n) is 8.10. The molecule has 0 fully saturated rings. The van der Waals surface area contributed by atoms with Gasteiger partial charge in [0.1, 0.15) is 16.3 Å². The maximum Gasteiger partial charge on any atom is 0.289 e. The van der Waals surface area contributed by atoms with Gasteiger partial charge in [0, 0.05) is 9.67 Å². The summed E-state index contributed by atoms with van der Waals surface area (Å²) >= 11 is 17.9. The highest BCUT2D eigenvalue weighted by molar-refractivity contribution is 6.48. The van der Waals surface area contributed by atoms with Crippen LogP contribution < -0.4 is 4.74 Å². The van der Waals surface area contributed by atoms with Gasteiger partial charge in [0.05, 0.1) is 12.1 Å². The van der Waals surface area contributed by atoms with Crippen LogP contribution in [0.15, 0.2) is 0 Å². The quantitative estimate of drug-likeness (QED) is 0.633. The Bertz CT molecular complexity index is 528. The van der Waals surface area contributed by atoms with Crippen molar-refractivity contribution < 1.29 is 9.50 Å². The summed E-state index contributed by atoms with van der Waals surface area (Å²) in [5, 5.41) is 7.97. The molecule has 0 atom stereocenters. The van der Waals surface area contributed by atoms with Crippen LogP contribution in [0.3, 0.4) is 0 Å². The van der Waals surface area contributed by atoms with E-state index in [1.807, 2.05) is 0 Å².